The summed E-state index contributed by atoms with van der Waals surface area (Å²) < 4.78 is 40.1. The molecule has 1 amide bonds. The Morgan fingerprint density at radius 3 is 2.42 bits per heavy atom. The van der Waals surface area contributed by atoms with E-state index in [1.807, 2.05) is 24.3 Å². The first-order valence-corrected chi connectivity index (χ1v) is 8.23. The van der Waals surface area contributed by atoms with E-state index in [1.165, 1.54) is 4.90 Å². The van der Waals surface area contributed by atoms with Crippen LogP contribution in [0.4, 0.5) is 13.2 Å². The molecular formula is C18H21ClF3N3O. The zero-order chi connectivity index (χ0) is 17.9. The normalized spacial score (nSPS) is 16.7. The minimum absolute atomic E-state index is 0. The highest BCUT2D eigenvalue weighted by molar-refractivity contribution is 5.98. The monoisotopic (exact) mass is 387 g/mol. The van der Waals surface area contributed by atoms with Gasteiger partial charge in [0.25, 0.3) is 5.91 Å². The Balaban J connectivity index is 0.00000243. The van der Waals surface area contributed by atoms with Gasteiger partial charge in [0, 0.05) is 38.3 Å². The lowest BCUT2D eigenvalue weighted by molar-refractivity contribution is -0.183. The number of halogens is 4. The summed E-state index contributed by atoms with van der Waals surface area (Å²) in [5.74, 6) is -0.491. The van der Waals surface area contributed by atoms with Gasteiger partial charge in [0.05, 0.1) is 0 Å². The van der Waals surface area contributed by atoms with Gasteiger partial charge in [-0.1, -0.05) is 30.3 Å². The van der Waals surface area contributed by atoms with Crippen LogP contribution in [0, 0.1) is 0 Å². The number of fused-ring (bicyclic) bond motifs is 1. The Labute approximate surface area is 156 Å². The second kappa shape index (κ2) is 8.70. The summed E-state index contributed by atoms with van der Waals surface area (Å²) in [6.45, 7) is 1.22. The van der Waals surface area contributed by atoms with Crippen LogP contribution in [-0.4, -0.2) is 55.7 Å². The standard InChI is InChI=1S/C18H20F3N3O.ClH/c19-18(20,21)16(24-9-7-22-8-10-24)12-23-17(25)15-6-5-13-3-1-2-4-14(13)11-15;/h1-6,11,16,22H,7-10,12H2,(H,23,25);1H. The van der Waals surface area contributed by atoms with Crippen LogP contribution in [0.2, 0.25) is 0 Å². The van der Waals surface area contributed by atoms with Crippen molar-refractivity contribution in [1.82, 2.24) is 15.5 Å². The molecule has 1 fully saturated rings. The fourth-order valence-electron chi connectivity index (χ4n) is 3.07. The number of carbonyl (C=O) groups is 1. The number of benzene rings is 2. The van der Waals surface area contributed by atoms with E-state index in [1.54, 1.807) is 18.2 Å². The third-order valence-corrected chi connectivity index (χ3v) is 4.44. The molecule has 4 nitrogen and oxygen atoms in total. The van der Waals surface area contributed by atoms with Crippen molar-refractivity contribution < 1.29 is 18.0 Å². The lowest BCUT2D eigenvalue weighted by atomic mass is 10.1. The Morgan fingerprint density at radius 1 is 1.12 bits per heavy atom. The van der Waals surface area contributed by atoms with Gasteiger partial charge in [-0.05, 0) is 22.9 Å². The van der Waals surface area contributed by atoms with Crippen molar-refractivity contribution in [1.29, 1.82) is 0 Å². The second-order valence-corrected chi connectivity index (χ2v) is 6.12. The SMILES string of the molecule is Cl.O=C(NCC(N1CCNCC1)C(F)(F)F)c1ccc2ccccc2c1. The van der Waals surface area contributed by atoms with E-state index < -0.39 is 24.7 Å². The summed E-state index contributed by atoms with van der Waals surface area (Å²) in [5, 5.41) is 7.34. The van der Waals surface area contributed by atoms with Gasteiger partial charge in [0.15, 0.2) is 0 Å². The number of piperazine rings is 1. The number of carbonyl (C=O) groups excluding carboxylic acids is 1. The zero-order valence-electron chi connectivity index (χ0n) is 14.1. The van der Waals surface area contributed by atoms with Crippen molar-refractivity contribution in [2.75, 3.05) is 32.7 Å². The van der Waals surface area contributed by atoms with E-state index in [4.69, 9.17) is 0 Å². The predicted octanol–water partition coefficient (Wildman–Crippen LogP) is 2.83. The predicted molar refractivity (Wildman–Crippen MR) is 97.8 cm³/mol. The third-order valence-electron chi connectivity index (χ3n) is 4.44. The number of rotatable bonds is 4. The Hall–Kier alpha value is -1.83. The van der Waals surface area contributed by atoms with Gasteiger partial charge < -0.3 is 10.6 Å². The van der Waals surface area contributed by atoms with Crippen LogP contribution in [0.3, 0.4) is 0 Å². The molecule has 2 N–H and O–H groups in total. The summed E-state index contributed by atoms with van der Waals surface area (Å²) in [6.07, 6.45) is -4.38. The van der Waals surface area contributed by atoms with Crippen LogP contribution in [-0.2, 0) is 0 Å². The maximum Gasteiger partial charge on any atom is 0.405 e. The summed E-state index contributed by atoms with van der Waals surface area (Å²) in [6, 6.07) is 11.0. The van der Waals surface area contributed by atoms with Crippen molar-refractivity contribution in [3.05, 3.63) is 48.0 Å². The number of hydrogen-bond acceptors (Lipinski definition) is 3. The molecule has 142 valence electrons. The average Bonchev–Trinajstić information content (AvgIpc) is 2.61. The van der Waals surface area contributed by atoms with E-state index >= 15 is 0 Å². The van der Waals surface area contributed by atoms with E-state index in [-0.39, 0.29) is 12.4 Å². The van der Waals surface area contributed by atoms with E-state index in [0.29, 0.717) is 31.7 Å². The topological polar surface area (TPSA) is 44.4 Å². The maximum absolute atomic E-state index is 13.4. The molecule has 1 aliphatic rings. The molecule has 8 heteroatoms. The molecule has 0 bridgehead atoms. The minimum Gasteiger partial charge on any atom is -0.350 e. The molecule has 0 aromatic heterocycles. The van der Waals surface area contributed by atoms with Gasteiger partial charge in [0.1, 0.15) is 6.04 Å². The molecule has 1 heterocycles. The average molecular weight is 388 g/mol. The van der Waals surface area contributed by atoms with E-state index in [2.05, 4.69) is 10.6 Å². The first kappa shape index (κ1) is 20.5. The first-order chi connectivity index (χ1) is 11.9. The number of amides is 1. The number of nitrogens with zero attached hydrogens (tertiary/aromatic N) is 1. The highest BCUT2D eigenvalue weighted by Gasteiger charge is 2.43. The molecule has 0 radical (unpaired) electrons. The molecule has 3 rings (SSSR count). The molecule has 1 aliphatic heterocycles. The molecular weight excluding hydrogens is 367 g/mol. The summed E-state index contributed by atoms with van der Waals surface area (Å²) in [4.78, 5) is 13.7. The van der Waals surface area contributed by atoms with Crippen LogP contribution in [0.15, 0.2) is 42.5 Å². The quantitative estimate of drug-likeness (QED) is 0.848. The first-order valence-electron chi connectivity index (χ1n) is 8.23. The third kappa shape index (κ3) is 4.87. The molecule has 1 saturated heterocycles. The lowest BCUT2D eigenvalue weighted by Crippen LogP contribution is -2.57. The Bertz CT molecular complexity index is 748. The van der Waals surface area contributed by atoms with Crippen LogP contribution in [0.1, 0.15) is 10.4 Å². The molecule has 1 atom stereocenters. The smallest absolute Gasteiger partial charge is 0.350 e. The molecule has 1 unspecified atom stereocenters. The van der Waals surface area contributed by atoms with Crippen LogP contribution < -0.4 is 10.6 Å². The van der Waals surface area contributed by atoms with Crippen molar-refractivity contribution in [3.8, 4) is 0 Å². The van der Waals surface area contributed by atoms with Crippen molar-refractivity contribution in [2.24, 2.45) is 0 Å². The van der Waals surface area contributed by atoms with Crippen molar-refractivity contribution >= 4 is 29.1 Å². The second-order valence-electron chi connectivity index (χ2n) is 6.12. The molecule has 26 heavy (non-hydrogen) atoms. The van der Waals surface area contributed by atoms with E-state index in [0.717, 1.165) is 10.8 Å². The fourth-order valence-corrected chi connectivity index (χ4v) is 3.07. The Morgan fingerprint density at radius 2 is 1.77 bits per heavy atom. The number of alkyl halides is 3. The van der Waals surface area contributed by atoms with Crippen molar-refractivity contribution in [3.63, 3.8) is 0 Å². The molecule has 2 aromatic rings. The number of hydrogen-bond donors (Lipinski definition) is 2. The lowest BCUT2D eigenvalue weighted by Gasteiger charge is -2.35. The highest BCUT2D eigenvalue weighted by Crippen LogP contribution is 2.25. The molecule has 0 saturated carbocycles. The van der Waals surface area contributed by atoms with Crippen LogP contribution >= 0.6 is 12.4 Å². The van der Waals surface area contributed by atoms with Gasteiger partial charge in [-0.2, -0.15) is 13.2 Å². The molecule has 0 spiro atoms. The van der Waals surface area contributed by atoms with Crippen LogP contribution in [0.5, 0.6) is 0 Å². The van der Waals surface area contributed by atoms with Crippen LogP contribution in [0.25, 0.3) is 10.8 Å². The zero-order valence-corrected chi connectivity index (χ0v) is 14.9. The summed E-state index contributed by atoms with van der Waals surface area (Å²) in [7, 11) is 0. The largest absolute Gasteiger partial charge is 0.405 e. The molecule has 2 aromatic carbocycles. The summed E-state index contributed by atoms with van der Waals surface area (Å²) in [5.41, 5.74) is 0.361. The maximum atomic E-state index is 13.4. The van der Waals surface area contributed by atoms with Gasteiger partial charge >= 0.3 is 6.18 Å². The fraction of sp³-hybridized carbons (Fsp3) is 0.389. The van der Waals surface area contributed by atoms with Gasteiger partial charge in [-0.25, -0.2) is 0 Å². The van der Waals surface area contributed by atoms with Gasteiger partial charge in [-0.15, -0.1) is 12.4 Å². The highest BCUT2D eigenvalue weighted by atomic mass is 35.5. The van der Waals surface area contributed by atoms with E-state index in [9.17, 15) is 18.0 Å². The minimum atomic E-state index is -4.38. The van der Waals surface area contributed by atoms with Gasteiger partial charge in [0.2, 0.25) is 0 Å². The van der Waals surface area contributed by atoms with Crippen molar-refractivity contribution in [2.45, 2.75) is 12.2 Å². The molecule has 0 aliphatic carbocycles. The summed E-state index contributed by atoms with van der Waals surface area (Å²) >= 11 is 0. The number of nitrogens with one attached hydrogen (secondary N) is 2. The van der Waals surface area contributed by atoms with Gasteiger partial charge in [-0.3, -0.25) is 9.69 Å². The Kier molecular flexibility index (Phi) is 6.86.